The number of nitriles is 1. The SMILES string of the molecule is Cc1cc(/C=C(\C#N)C(=O)Nc2ccc(Cl)c(Cl)c2)cn1C(C)C. The summed E-state index contributed by atoms with van der Waals surface area (Å²) in [7, 11) is 0. The third-order valence-corrected chi connectivity index (χ3v) is 4.22. The molecule has 0 saturated heterocycles. The van der Waals surface area contributed by atoms with Gasteiger partial charge in [-0.15, -0.1) is 0 Å². The van der Waals surface area contributed by atoms with Gasteiger partial charge in [0.15, 0.2) is 0 Å². The van der Waals surface area contributed by atoms with Crippen LogP contribution in [-0.4, -0.2) is 10.5 Å². The molecular weight excluding hydrogens is 345 g/mol. The smallest absolute Gasteiger partial charge is 0.266 e. The van der Waals surface area contributed by atoms with Crippen LogP contribution in [0.3, 0.4) is 0 Å². The van der Waals surface area contributed by atoms with Gasteiger partial charge in [0.05, 0.1) is 10.0 Å². The van der Waals surface area contributed by atoms with Crippen LogP contribution in [0.15, 0.2) is 36.0 Å². The van der Waals surface area contributed by atoms with Crippen molar-refractivity contribution in [3.63, 3.8) is 0 Å². The quantitative estimate of drug-likeness (QED) is 0.598. The molecule has 0 unspecified atom stereocenters. The summed E-state index contributed by atoms with van der Waals surface area (Å²) in [5.74, 6) is -0.495. The number of nitrogens with one attached hydrogen (secondary N) is 1. The lowest BCUT2D eigenvalue weighted by Gasteiger charge is -2.08. The Labute approximate surface area is 151 Å². The summed E-state index contributed by atoms with van der Waals surface area (Å²) in [6.07, 6.45) is 3.49. The highest BCUT2D eigenvalue weighted by atomic mass is 35.5. The van der Waals surface area contributed by atoms with Gasteiger partial charge >= 0.3 is 0 Å². The van der Waals surface area contributed by atoms with Crippen LogP contribution in [0.1, 0.15) is 31.1 Å². The zero-order valence-corrected chi connectivity index (χ0v) is 15.1. The number of anilines is 1. The standard InChI is InChI=1S/C18H17Cl2N3O/c1-11(2)23-10-13(6-12(23)3)7-14(9-21)18(24)22-15-4-5-16(19)17(20)8-15/h4-8,10-11H,1-3H3,(H,22,24)/b14-7+. The lowest BCUT2D eigenvalue weighted by molar-refractivity contribution is -0.112. The fourth-order valence-corrected chi connectivity index (χ4v) is 2.64. The number of aryl methyl sites for hydroxylation is 1. The normalized spacial score (nSPS) is 11.5. The van der Waals surface area contributed by atoms with Gasteiger partial charge in [-0.05, 0) is 56.7 Å². The molecule has 1 amide bonds. The van der Waals surface area contributed by atoms with Crippen molar-refractivity contribution in [3.8, 4) is 6.07 Å². The van der Waals surface area contributed by atoms with E-state index < -0.39 is 5.91 Å². The highest BCUT2D eigenvalue weighted by Gasteiger charge is 2.12. The van der Waals surface area contributed by atoms with E-state index in [4.69, 9.17) is 23.2 Å². The zero-order valence-electron chi connectivity index (χ0n) is 13.6. The van der Waals surface area contributed by atoms with Crippen LogP contribution in [0, 0.1) is 18.3 Å². The number of carbonyl (C=O) groups excluding carboxylic acids is 1. The molecule has 0 bridgehead atoms. The summed E-state index contributed by atoms with van der Waals surface area (Å²) < 4.78 is 2.08. The van der Waals surface area contributed by atoms with Crippen molar-refractivity contribution in [2.24, 2.45) is 0 Å². The van der Waals surface area contributed by atoms with E-state index in [1.165, 1.54) is 6.07 Å². The molecule has 0 fully saturated rings. The summed E-state index contributed by atoms with van der Waals surface area (Å²) in [6, 6.07) is 8.93. The Hall–Kier alpha value is -2.22. The molecule has 0 spiro atoms. The third-order valence-electron chi connectivity index (χ3n) is 3.48. The van der Waals surface area contributed by atoms with Gasteiger partial charge in [0.25, 0.3) is 5.91 Å². The minimum atomic E-state index is -0.495. The fraction of sp³-hybridized carbons (Fsp3) is 0.222. The van der Waals surface area contributed by atoms with Crippen molar-refractivity contribution in [3.05, 3.63) is 57.3 Å². The molecule has 1 aromatic heterocycles. The first-order valence-corrected chi connectivity index (χ1v) is 8.14. The van der Waals surface area contributed by atoms with Crippen molar-refractivity contribution >= 4 is 40.9 Å². The molecule has 0 atom stereocenters. The summed E-state index contributed by atoms with van der Waals surface area (Å²) in [5.41, 5.74) is 2.37. The molecule has 0 aliphatic heterocycles. The monoisotopic (exact) mass is 361 g/mol. The van der Waals surface area contributed by atoms with Crippen LogP contribution in [0.5, 0.6) is 0 Å². The first-order chi connectivity index (χ1) is 11.3. The Morgan fingerprint density at radius 2 is 2.00 bits per heavy atom. The average Bonchev–Trinajstić information content (AvgIpc) is 2.89. The number of halogens is 2. The van der Waals surface area contributed by atoms with Gasteiger partial charge in [-0.2, -0.15) is 5.26 Å². The molecule has 6 heteroatoms. The molecule has 2 aromatic rings. The first kappa shape index (κ1) is 18.1. The Kier molecular flexibility index (Phi) is 5.71. The van der Waals surface area contributed by atoms with Gasteiger partial charge in [0, 0.05) is 23.6 Å². The van der Waals surface area contributed by atoms with Crippen LogP contribution in [0.25, 0.3) is 6.08 Å². The Morgan fingerprint density at radius 3 is 2.54 bits per heavy atom. The van der Waals surface area contributed by atoms with E-state index in [9.17, 15) is 10.1 Å². The van der Waals surface area contributed by atoms with Crippen molar-refractivity contribution in [1.82, 2.24) is 4.57 Å². The Bertz CT molecular complexity index is 844. The minimum absolute atomic E-state index is 0.0157. The van der Waals surface area contributed by atoms with Gasteiger partial charge < -0.3 is 9.88 Å². The highest BCUT2D eigenvalue weighted by molar-refractivity contribution is 6.42. The van der Waals surface area contributed by atoms with Gasteiger partial charge in [-0.1, -0.05) is 23.2 Å². The van der Waals surface area contributed by atoms with E-state index in [-0.39, 0.29) is 5.57 Å². The molecule has 124 valence electrons. The maximum atomic E-state index is 12.3. The van der Waals surface area contributed by atoms with E-state index in [0.29, 0.717) is 21.8 Å². The number of carbonyl (C=O) groups is 1. The fourth-order valence-electron chi connectivity index (χ4n) is 2.34. The Morgan fingerprint density at radius 1 is 1.29 bits per heavy atom. The van der Waals surface area contributed by atoms with E-state index in [1.54, 1.807) is 18.2 Å². The van der Waals surface area contributed by atoms with Crippen LogP contribution < -0.4 is 5.32 Å². The van der Waals surface area contributed by atoms with Crippen molar-refractivity contribution in [2.75, 3.05) is 5.32 Å². The molecule has 1 heterocycles. The maximum Gasteiger partial charge on any atom is 0.266 e. The second kappa shape index (κ2) is 7.57. The number of hydrogen-bond donors (Lipinski definition) is 1. The number of aromatic nitrogens is 1. The molecular formula is C18H17Cl2N3O. The summed E-state index contributed by atoms with van der Waals surface area (Å²) in [4.78, 5) is 12.3. The molecule has 0 radical (unpaired) electrons. The molecule has 0 saturated carbocycles. The number of nitrogens with zero attached hydrogens (tertiary/aromatic N) is 2. The summed E-state index contributed by atoms with van der Waals surface area (Å²) >= 11 is 11.8. The van der Waals surface area contributed by atoms with Crippen LogP contribution in [-0.2, 0) is 4.79 Å². The van der Waals surface area contributed by atoms with Crippen LogP contribution in [0.4, 0.5) is 5.69 Å². The largest absolute Gasteiger partial charge is 0.349 e. The van der Waals surface area contributed by atoms with Gasteiger partial charge in [0.2, 0.25) is 0 Å². The van der Waals surface area contributed by atoms with Crippen molar-refractivity contribution in [1.29, 1.82) is 5.26 Å². The van der Waals surface area contributed by atoms with Gasteiger partial charge in [0.1, 0.15) is 11.6 Å². The predicted molar refractivity (Wildman–Crippen MR) is 98.2 cm³/mol. The van der Waals surface area contributed by atoms with Gasteiger partial charge in [-0.25, -0.2) is 0 Å². The topological polar surface area (TPSA) is 57.8 Å². The number of amides is 1. The molecule has 4 nitrogen and oxygen atoms in total. The minimum Gasteiger partial charge on any atom is -0.349 e. The van der Waals surface area contributed by atoms with Crippen LogP contribution >= 0.6 is 23.2 Å². The van der Waals surface area contributed by atoms with E-state index in [0.717, 1.165) is 11.3 Å². The average molecular weight is 362 g/mol. The lowest BCUT2D eigenvalue weighted by Crippen LogP contribution is -2.13. The van der Waals surface area contributed by atoms with E-state index in [1.807, 2.05) is 25.3 Å². The van der Waals surface area contributed by atoms with Crippen molar-refractivity contribution < 1.29 is 4.79 Å². The molecule has 2 rings (SSSR count). The summed E-state index contributed by atoms with van der Waals surface area (Å²) in [6.45, 7) is 6.13. The highest BCUT2D eigenvalue weighted by Crippen LogP contribution is 2.25. The predicted octanol–water partition coefficient (Wildman–Crippen LogP) is 5.23. The van der Waals surface area contributed by atoms with E-state index in [2.05, 4.69) is 23.7 Å². The molecule has 0 aliphatic carbocycles. The lowest BCUT2D eigenvalue weighted by atomic mass is 10.2. The number of benzene rings is 1. The second-order valence-electron chi connectivity index (χ2n) is 5.67. The number of rotatable bonds is 4. The molecule has 1 aromatic carbocycles. The van der Waals surface area contributed by atoms with E-state index >= 15 is 0 Å². The number of hydrogen-bond acceptors (Lipinski definition) is 2. The molecule has 24 heavy (non-hydrogen) atoms. The summed E-state index contributed by atoms with van der Waals surface area (Å²) in [5, 5.41) is 12.7. The van der Waals surface area contributed by atoms with Gasteiger partial charge in [-0.3, -0.25) is 4.79 Å². The molecule has 0 aliphatic rings. The van der Waals surface area contributed by atoms with Crippen molar-refractivity contribution in [2.45, 2.75) is 26.8 Å². The second-order valence-corrected chi connectivity index (χ2v) is 6.48. The van der Waals surface area contributed by atoms with Crippen LogP contribution in [0.2, 0.25) is 10.0 Å². The third kappa shape index (κ3) is 4.19. The first-order valence-electron chi connectivity index (χ1n) is 7.38. The zero-order chi connectivity index (χ0) is 17.9. The molecule has 1 N–H and O–H groups in total. The Balaban J connectivity index is 2.24. The maximum absolute atomic E-state index is 12.3.